The van der Waals surface area contributed by atoms with Crippen LogP contribution in [0.4, 0.5) is 18.9 Å². The van der Waals surface area contributed by atoms with Crippen molar-refractivity contribution >= 4 is 50.7 Å². The van der Waals surface area contributed by atoms with Gasteiger partial charge in [0.25, 0.3) is 10.0 Å². The Kier molecular flexibility index (Phi) is 11.1. The molecule has 1 saturated carbocycles. The molecular formula is C32H34Cl2F3N3O4S. The Labute approximate surface area is 271 Å². The fraction of sp³-hybridized carbons (Fsp3) is 0.375. The van der Waals surface area contributed by atoms with Gasteiger partial charge in [-0.3, -0.25) is 13.9 Å². The Morgan fingerprint density at radius 1 is 1.00 bits per heavy atom. The molecule has 0 bridgehead atoms. The number of benzene rings is 3. The number of hydrogen-bond acceptors (Lipinski definition) is 4. The first-order valence-electron chi connectivity index (χ1n) is 14.5. The third kappa shape index (κ3) is 8.51. The SMILES string of the molecule is CCC(C(=O)NC1CCCC1)N(Cc1ccc(Cl)cc1Cl)C(=O)CN(c1cccc(C(F)(F)F)c1)S(=O)(=O)c1ccc(C)cc1. The first kappa shape index (κ1) is 34.6. The molecule has 1 atom stereocenters. The van der Waals surface area contributed by atoms with E-state index in [1.165, 1.54) is 29.2 Å². The molecule has 1 fully saturated rings. The van der Waals surface area contributed by atoms with Gasteiger partial charge >= 0.3 is 6.18 Å². The fourth-order valence-electron chi connectivity index (χ4n) is 5.32. The van der Waals surface area contributed by atoms with Gasteiger partial charge in [-0.2, -0.15) is 13.2 Å². The molecule has 4 rings (SSSR count). The summed E-state index contributed by atoms with van der Waals surface area (Å²) in [5.41, 5.74) is -0.218. The van der Waals surface area contributed by atoms with Crippen molar-refractivity contribution in [3.63, 3.8) is 0 Å². The number of amides is 2. The van der Waals surface area contributed by atoms with E-state index >= 15 is 0 Å². The summed E-state index contributed by atoms with van der Waals surface area (Å²) in [5, 5.41) is 3.59. The van der Waals surface area contributed by atoms with Gasteiger partial charge in [-0.05, 0) is 74.2 Å². The number of alkyl halides is 3. The number of anilines is 1. The summed E-state index contributed by atoms with van der Waals surface area (Å²) in [6, 6.07) is 13.1. The van der Waals surface area contributed by atoms with Crippen LogP contribution in [-0.4, -0.2) is 43.8 Å². The number of halogens is 5. The van der Waals surface area contributed by atoms with Crippen molar-refractivity contribution in [3.05, 3.63) is 93.5 Å². The highest BCUT2D eigenvalue weighted by Crippen LogP contribution is 2.34. The maximum absolute atomic E-state index is 14.2. The maximum atomic E-state index is 14.2. The van der Waals surface area contributed by atoms with Crippen molar-refractivity contribution in [2.45, 2.75) is 75.7 Å². The lowest BCUT2D eigenvalue weighted by Crippen LogP contribution is -2.53. The number of carbonyl (C=O) groups is 2. The second kappa shape index (κ2) is 14.4. The van der Waals surface area contributed by atoms with Gasteiger partial charge in [0.15, 0.2) is 0 Å². The van der Waals surface area contributed by atoms with Crippen molar-refractivity contribution in [1.82, 2.24) is 10.2 Å². The van der Waals surface area contributed by atoms with Gasteiger partial charge in [-0.25, -0.2) is 8.42 Å². The molecule has 45 heavy (non-hydrogen) atoms. The first-order valence-corrected chi connectivity index (χ1v) is 16.7. The highest BCUT2D eigenvalue weighted by atomic mass is 35.5. The zero-order valence-electron chi connectivity index (χ0n) is 24.8. The van der Waals surface area contributed by atoms with Gasteiger partial charge in [0.1, 0.15) is 12.6 Å². The highest BCUT2D eigenvalue weighted by molar-refractivity contribution is 7.92. The van der Waals surface area contributed by atoms with Crippen LogP contribution in [0.3, 0.4) is 0 Å². The zero-order valence-corrected chi connectivity index (χ0v) is 27.1. The Hall–Kier alpha value is -3.28. The molecule has 0 saturated heterocycles. The minimum absolute atomic E-state index is 0.0499. The van der Waals surface area contributed by atoms with Crippen LogP contribution >= 0.6 is 23.2 Å². The number of nitrogens with one attached hydrogen (secondary N) is 1. The van der Waals surface area contributed by atoms with Gasteiger partial charge < -0.3 is 10.2 Å². The number of aryl methyl sites for hydroxylation is 1. The van der Waals surface area contributed by atoms with Crippen LogP contribution in [0.15, 0.2) is 71.6 Å². The highest BCUT2D eigenvalue weighted by Gasteiger charge is 2.36. The molecule has 1 unspecified atom stereocenters. The Morgan fingerprint density at radius 2 is 1.67 bits per heavy atom. The number of nitrogens with zero attached hydrogens (tertiary/aromatic N) is 2. The molecule has 7 nitrogen and oxygen atoms in total. The van der Waals surface area contributed by atoms with Gasteiger partial charge in [-0.15, -0.1) is 0 Å². The molecular weight excluding hydrogens is 650 g/mol. The summed E-state index contributed by atoms with van der Waals surface area (Å²) in [7, 11) is -4.55. The van der Waals surface area contributed by atoms with E-state index in [1.807, 2.05) is 0 Å². The van der Waals surface area contributed by atoms with Crippen LogP contribution in [0.2, 0.25) is 10.0 Å². The molecule has 3 aromatic rings. The topological polar surface area (TPSA) is 86.8 Å². The molecule has 0 heterocycles. The largest absolute Gasteiger partial charge is 0.416 e. The minimum atomic E-state index is -4.76. The molecule has 13 heteroatoms. The number of hydrogen-bond donors (Lipinski definition) is 1. The average Bonchev–Trinajstić information content (AvgIpc) is 3.49. The molecule has 2 amide bonds. The van der Waals surface area contributed by atoms with Crippen LogP contribution in [0, 0.1) is 6.92 Å². The number of carbonyl (C=O) groups excluding carboxylic acids is 2. The van der Waals surface area contributed by atoms with Gasteiger partial charge in [0, 0.05) is 22.6 Å². The lowest BCUT2D eigenvalue weighted by molar-refractivity contribution is -0.140. The molecule has 0 spiro atoms. The standard InChI is InChI=1S/C32H34Cl2F3N3O4S/c1-3-29(31(42)38-25-8-4-5-9-25)39(19-22-13-14-24(33)18-28(22)34)30(41)20-40(26-10-6-7-23(17-26)32(35,36)37)45(43,44)27-15-11-21(2)12-16-27/h6-7,10-18,25,29H,3-5,8-9,19-20H2,1-2H3,(H,38,42). The number of sulfonamides is 1. The van der Waals surface area contributed by atoms with Crippen LogP contribution in [0.25, 0.3) is 0 Å². The van der Waals surface area contributed by atoms with Crippen LogP contribution < -0.4 is 9.62 Å². The Bertz CT molecular complexity index is 1630. The van der Waals surface area contributed by atoms with Crippen molar-refractivity contribution in [2.24, 2.45) is 0 Å². The maximum Gasteiger partial charge on any atom is 0.416 e. The second-order valence-electron chi connectivity index (χ2n) is 11.0. The summed E-state index contributed by atoms with van der Waals surface area (Å²) in [6.45, 7) is 2.42. The average molecular weight is 685 g/mol. The molecule has 1 aliphatic carbocycles. The van der Waals surface area contributed by atoms with E-state index in [2.05, 4.69) is 5.32 Å². The van der Waals surface area contributed by atoms with E-state index in [1.54, 1.807) is 38.1 Å². The van der Waals surface area contributed by atoms with Gasteiger partial charge in [-0.1, -0.05) is 72.8 Å². The minimum Gasteiger partial charge on any atom is -0.352 e. The van der Waals surface area contributed by atoms with E-state index in [4.69, 9.17) is 23.2 Å². The lowest BCUT2D eigenvalue weighted by atomic mass is 10.1. The van der Waals surface area contributed by atoms with Crippen LogP contribution in [0.1, 0.15) is 55.7 Å². The molecule has 3 aromatic carbocycles. The molecule has 1 aliphatic rings. The molecule has 1 N–H and O–H groups in total. The molecule has 242 valence electrons. The predicted molar refractivity (Wildman–Crippen MR) is 169 cm³/mol. The van der Waals surface area contributed by atoms with Crippen LogP contribution in [0.5, 0.6) is 0 Å². The summed E-state index contributed by atoms with van der Waals surface area (Å²) >= 11 is 12.5. The predicted octanol–water partition coefficient (Wildman–Crippen LogP) is 7.38. The fourth-order valence-corrected chi connectivity index (χ4v) is 7.20. The summed E-state index contributed by atoms with van der Waals surface area (Å²) in [6.07, 6.45) is -1.04. The normalized spacial score (nSPS) is 14.6. The Morgan fingerprint density at radius 3 is 2.27 bits per heavy atom. The van der Waals surface area contributed by atoms with Crippen molar-refractivity contribution in [1.29, 1.82) is 0 Å². The summed E-state index contributed by atoms with van der Waals surface area (Å²) < 4.78 is 69.7. The van der Waals surface area contributed by atoms with Crippen LogP contribution in [-0.2, 0) is 32.3 Å². The van der Waals surface area contributed by atoms with E-state index in [0.717, 1.165) is 43.4 Å². The first-order chi connectivity index (χ1) is 21.2. The van der Waals surface area contributed by atoms with Crippen molar-refractivity contribution in [3.8, 4) is 0 Å². The monoisotopic (exact) mass is 683 g/mol. The van der Waals surface area contributed by atoms with E-state index in [0.29, 0.717) is 21.0 Å². The molecule has 0 aliphatic heterocycles. The lowest BCUT2D eigenvalue weighted by Gasteiger charge is -2.34. The van der Waals surface area contributed by atoms with E-state index in [9.17, 15) is 31.2 Å². The quantitative estimate of drug-likeness (QED) is 0.229. The Balaban J connectivity index is 1.78. The third-order valence-corrected chi connectivity index (χ3v) is 10.2. The van der Waals surface area contributed by atoms with Gasteiger partial charge in [0.2, 0.25) is 11.8 Å². The smallest absolute Gasteiger partial charge is 0.352 e. The van der Waals surface area contributed by atoms with E-state index < -0.39 is 46.2 Å². The third-order valence-electron chi connectivity index (χ3n) is 7.79. The summed E-state index contributed by atoms with van der Waals surface area (Å²) in [5.74, 6) is -1.21. The van der Waals surface area contributed by atoms with E-state index in [-0.39, 0.29) is 34.6 Å². The van der Waals surface area contributed by atoms with Crippen molar-refractivity contribution in [2.75, 3.05) is 10.8 Å². The summed E-state index contributed by atoms with van der Waals surface area (Å²) in [4.78, 5) is 28.8. The second-order valence-corrected chi connectivity index (χ2v) is 13.8. The van der Waals surface area contributed by atoms with Gasteiger partial charge in [0.05, 0.1) is 16.1 Å². The number of rotatable bonds is 11. The zero-order chi connectivity index (χ0) is 32.9. The van der Waals surface area contributed by atoms with Crippen molar-refractivity contribution < 1.29 is 31.2 Å². The molecule has 0 radical (unpaired) electrons. The molecule has 0 aromatic heterocycles.